The standard InChI is InChI=1S/C12H18N2O2/c1-2-10(13)12(16)14-11(8-15)9-6-4-3-5-7-9/h3-7,10-11,15H,2,8,13H2,1H3,(H,14,16)/t10-,11?/m0/s1. The highest BCUT2D eigenvalue weighted by atomic mass is 16.3. The molecule has 4 nitrogen and oxygen atoms in total. The van der Waals surface area contributed by atoms with E-state index in [9.17, 15) is 9.90 Å². The summed E-state index contributed by atoms with van der Waals surface area (Å²) in [4.78, 5) is 11.6. The van der Waals surface area contributed by atoms with Crippen molar-refractivity contribution in [2.45, 2.75) is 25.4 Å². The van der Waals surface area contributed by atoms with Gasteiger partial charge in [0.05, 0.1) is 18.7 Å². The van der Waals surface area contributed by atoms with Crippen molar-refractivity contribution in [3.8, 4) is 0 Å². The summed E-state index contributed by atoms with van der Waals surface area (Å²) >= 11 is 0. The first-order valence-corrected chi connectivity index (χ1v) is 5.40. The number of hydrogen-bond donors (Lipinski definition) is 3. The molecule has 0 heterocycles. The van der Waals surface area contributed by atoms with Gasteiger partial charge in [0.15, 0.2) is 0 Å². The van der Waals surface area contributed by atoms with Gasteiger partial charge in [0.2, 0.25) is 5.91 Å². The van der Waals surface area contributed by atoms with Crippen LogP contribution in [-0.2, 0) is 4.79 Å². The van der Waals surface area contributed by atoms with Crippen LogP contribution in [0.2, 0.25) is 0 Å². The molecule has 1 aromatic rings. The molecule has 0 aliphatic carbocycles. The number of hydrogen-bond acceptors (Lipinski definition) is 3. The Morgan fingerprint density at radius 2 is 2.06 bits per heavy atom. The molecule has 0 aliphatic heterocycles. The molecule has 2 atom stereocenters. The van der Waals surface area contributed by atoms with Gasteiger partial charge < -0.3 is 16.2 Å². The Balaban J connectivity index is 2.66. The molecule has 1 rings (SSSR count). The molecular weight excluding hydrogens is 204 g/mol. The van der Waals surface area contributed by atoms with Crippen LogP contribution in [-0.4, -0.2) is 23.7 Å². The molecular formula is C12H18N2O2. The third-order valence-corrected chi connectivity index (χ3v) is 2.48. The van der Waals surface area contributed by atoms with E-state index in [0.717, 1.165) is 5.56 Å². The lowest BCUT2D eigenvalue weighted by Gasteiger charge is -2.18. The molecule has 4 N–H and O–H groups in total. The van der Waals surface area contributed by atoms with Gasteiger partial charge in [-0.1, -0.05) is 37.3 Å². The van der Waals surface area contributed by atoms with Crippen LogP contribution < -0.4 is 11.1 Å². The van der Waals surface area contributed by atoms with Gasteiger partial charge in [0, 0.05) is 0 Å². The number of aliphatic hydroxyl groups excluding tert-OH is 1. The van der Waals surface area contributed by atoms with E-state index in [1.807, 2.05) is 37.3 Å². The van der Waals surface area contributed by atoms with Crippen LogP contribution in [0.1, 0.15) is 24.9 Å². The topological polar surface area (TPSA) is 75.4 Å². The summed E-state index contributed by atoms with van der Waals surface area (Å²) < 4.78 is 0. The largest absolute Gasteiger partial charge is 0.394 e. The Kier molecular flexibility index (Phi) is 4.95. The lowest BCUT2D eigenvalue weighted by atomic mass is 10.1. The minimum Gasteiger partial charge on any atom is -0.394 e. The lowest BCUT2D eigenvalue weighted by Crippen LogP contribution is -2.42. The molecule has 4 heteroatoms. The molecule has 0 radical (unpaired) electrons. The summed E-state index contributed by atoms with van der Waals surface area (Å²) in [5.74, 6) is -0.231. The molecule has 0 fully saturated rings. The van der Waals surface area contributed by atoms with Crippen molar-refractivity contribution in [1.29, 1.82) is 0 Å². The van der Waals surface area contributed by atoms with E-state index in [2.05, 4.69) is 5.32 Å². The van der Waals surface area contributed by atoms with Crippen molar-refractivity contribution in [2.75, 3.05) is 6.61 Å². The van der Waals surface area contributed by atoms with E-state index >= 15 is 0 Å². The van der Waals surface area contributed by atoms with Crippen LogP contribution in [0.3, 0.4) is 0 Å². The van der Waals surface area contributed by atoms with E-state index < -0.39 is 6.04 Å². The van der Waals surface area contributed by atoms with Crippen LogP contribution in [0.5, 0.6) is 0 Å². The van der Waals surface area contributed by atoms with E-state index in [1.54, 1.807) is 0 Å². The number of benzene rings is 1. The Morgan fingerprint density at radius 3 is 2.56 bits per heavy atom. The maximum Gasteiger partial charge on any atom is 0.237 e. The first kappa shape index (κ1) is 12.7. The average molecular weight is 222 g/mol. The van der Waals surface area contributed by atoms with Crippen molar-refractivity contribution in [3.63, 3.8) is 0 Å². The number of aliphatic hydroxyl groups is 1. The van der Waals surface area contributed by atoms with Crippen molar-refractivity contribution in [1.82, 2.24) is 5.32 Å². The molecule has 88 valence electrons. The Hall–Kier alpha value is -1.39. The molecule has 0 aromatic heterocycles. The molecule has 1 unspecified atom stereocenters. The summed E-state index contributed by atoms with van der Waals surface area (Å²) in [7, 11) is 0. The zero-order chi connectivity index (χ0) is 12.0. The molecule has 0 spiro atoms. The maximum absolute atomic E-state index is 11.6. The van der Waals surface area contributed by atoms with Crippen LogP contribution >= 0.6 is 0 Å². The summed E-state index contributed by atoms with van der Waals surface area (Å²) in [6.45, 7) is 1.72. The summed E-state index contributed by atoms with van der Waals surface area (Å²) in [5, 5.41) is 11.9. The maximum atomic E-state index is 11.6. The highest BCUT2D eigenvalue weighted by Crippen LogP contribution is 2.11. The third-order valence-electron chi connectivity index (χ3n) is 2.48. The zero-order valence-electron chi connectivity index (χ0n) is 9.39. The van der Waals surface area contributed by atoms with Gasteiger partial charge in [-0.2, -0.15) is 0 Å². The molecule has 1 aromatic carbocycles. The van der Waals surface area contributed by atoms with Gasteiger partial charge in [0.25, 0.3) is 0 Å². The second-order valence-corrected chi connectivity index (χ2v) is 3.67. The van der Waals surface area contributed by atoms with Crippen molar-refractivity contribution in [3.05, 3.63) is 35.9 Å². The highest BCUT2D eigenvalue weighted by Gasteiger charge is 2.17. The molecule has 16 heavy (non-hydrogen) atoms. The number of carbonyl (C=O) groups is 1. The fraction of sp³-hybridized carbons (Fsp3) is 0.417. The smallest absolute Gasteiger partial charge is 0.237 e. The Morgan fingerprint density at radius 1 is 1.44 bits per heavy atom. The van der Waals surface area contributed by atoms with E-state index in [4.69, 9.17) is 5.73 Å². The van der Waals surface area contributed by atoms with E-state index in [1.165, 1.54) is 0 Å². The van der Waals surface area contributed by atoms with Crippen molar-refractivity contribution >= 4 is 5.91 Å². The predicted octanol–water partition coefficient (Wildman–Crippen LogP) is 0.573. The minimum atomic E-state index is -0.516. The number of nitrogens with one attached hydrogen (secondary N) is 1. The molecule has 0 aliphatic rings. The van der Waals surface area contributed by atoms with E-state index in [-0.39, 0.29) is 18.6 Å². The monoisotopic (exact) mass is 222 g/mol. The molecule has 0 saturated heterocycles. The SMILES string of the molecule is CC[C@H](N)C(=O)NC(CO)c1ccccc1. The fourth-order valence-corrected chi connectivity index (χ4v) is 1.38. The number of carbonyl (C=O) groups excluding carboxylic acids is 1. The van der Waals surface area contributed by atoms with Gasteiger partial charge in [-0.25, -0.2) is 0 Å². The lowest BCUT2D eigenvalue weighted by molar-refractivity contribution is -0.123. The van der Waals surface area contributed by atoms with Gasteiger partial charge in [-0.15, -0.1) is 0 Å². The van der Waals surface area contributed by atoms with Gasteiger partial charge >= 0.3 is 0 Å². The van der Waals surface area contributed by atoms with Crippen molar-refractivity contribution in [2.24, 2.45) is 5.73 Å². The van der Waals surface area contributed by atoms with Gasteiger partial charge in [-0.05, 0) is 12.0 Å². The number of rotatable bonds is 5. The molecule has 0 saturated carbocycles. The molecule has 1 amide bonds. The zero-order valence-corrected chi connectivity index (χ0v) is 9.39. The number of amides is 1. The minimum absolute atomic E-state index is 0.133. The summed E-state index contributed by atoms with van der Waals surface area (Å²) in [5.41, 5.74) is 6.48. The van der Waals surface area contributed by atoms with Gasteiger partial charge in [0.1, 0.15) is 0 Å². The second kappa shape index (κ2) is 6.25. The number of nitrogens with two attached hydrogens (primary N) is 1. The summed E-state index contributed by atoms with van der Waals surface area (Å²) in [6, 6.07) is 8.44. The highest BCUT2D eigenvalue weighted by molar-refractivity contribution is 5.81. The van der Waals surface area contributed by atoms with Crippen LogP contribution in [0.15, 0.2) is 30.3 Å². The van der Waals surface area contributed by atoms with Crippen LogP contribution in [0, 0.1) is 0 Å². The first-order chi connectivity index (χ1) is 7.69. The normalized spacial score (nSPS) is 14.2. The van der Waals surface area contributed by atoms with Gasteiger partial charge in [-0.3, -0.25) is 4.79 Å². The summed E-state index contributed by atoms with van der Waals surface area (Å²) in [6.07, 6.45) is 0.582. The first-order valence-electron chi connectivity index (χ1n) is 5.40. The predicted molar refractivity (Wildman–Crippen MR) is 62.7 cm³/mol. The fourth-order valence-electron chi connectivity index (χ4n) is 1.38. The average Bonchev–Trinajstić information content (AvgIpc) is 2.35. The second-order valence-electron chi connectivity index (χ2n) is 3.67. The van der Waals surface area contributed by atoms with Crippen LogP contribution in [0.25, 0.3) is 0 Å². The van der Waals surface area contributed by atoms with Crippen molar-refractivity contribution < 1.29 is 9.90 Å². The Bertz CT molecular complexity index is 327. The Labute approximate surface area is 95.5 Å². The quantitative estimate of drug-likeness (QED) is 0.682. The van der Waals surface area contributed by atoms with E-state index in [0.29, 0.717) is 6.42 Å². The van der Waals surface area contributed by atoms with Crippen LogP contribution in [0.4, 0.5) is 0 Å². The molecule has 0 bridgehead atoms. The third kappa shape index (κ3) is 3.32.